The van der Waals surface area contributed by atoms with Crippen LogP contribution in [0, 0.1) is 0 Å². The topological polar surface area (TPSA) is 30.2 Å². The minimum atomic E-state index is 0.605. The van der Waals surface area contributed by atoms with E-state index >= 15 is 0 Å². The molecule has 0 amide bonds. The number of fused-ring (bicyclic) bond motifs is 1. The second kappa shape index (κ2) is 8.03. The van der Waals surface area contributed by atoms with Gasteiger partial charge in [-0.2, -0.15) is 5.10 Å². The fourth-order valence-electron chi connectivity index (χ4n) is 2.76. The summed E-state index contributed by atoms with van der Waals surface area (Å²) >= 11 is 0. The van der Waals surface area contributed by atoms with Crippen LogP contribution in [0.2, 0.25) is 0 Å². The van der Waals surface area contributed by atoms with Crippen LogP contribution in [0.15, 0.2) is 24.5 Å². The fraction of sp³-hybridized carbons (Fsp3) is 0.647. The number of unbranched alkanes of at least 4 members (excludes halogenated alkanes) is 4. The molecule has 0 spiro atoms. The zero-order chi connectivity index (χ0) is 14.2. The maximum atomic E-state index is 4.72. The van der Waals surface area contributed by atoms with Crippen LogP contribution in [0.4, 0.5) is 0 Å². The monoisotopic (exact) mass is 273 g/mol. The first-order valence-corrected chi connectivity index (χ1v) is 8.15. The van der Waals surface area contributed by atoms with Crippen molar-refractivity contribution < 1.29 is 0 Å². The summed E-state index contributed by atoms with van der Waals surface area (Å²) in [6, 6.07) is 4.10. The molecule has 0 bridgehead atoms. The van der Waals surface area contributed by atoms with Crippen molar-refractivity contribution in [3.05, 3.63) is 30.2 Å². The molecule has 20 heavy (non-hydrogen) atoms. The Balaban J connectivity index is 2.04. The Morgan fingerprint density at radius 2 is 1.85 bits per heavy atom. The van der Waals surface area contributed by atoms with E-state index in [1.807, 2.05) is 23.0 Å². The zero-order valence-corrected chi connectivity index (χ0v) is 12.9. The molecular weight excluding hydrogens is 246 g/mol. The summed E-state index contributed by atoms with van der Waals surface area (Å²) in [5, 5.41) is 4.72. The molecule has 110 valence electrons. The molecule has 3 nitrogen and oxygen atoms in total. The van der Waals surface area contributed by atoms with Crippen molar-refractivity contribution >= 4 is 5.65 Å². The van der Waals surface area contributed by atoms with Crippen molar-refractivity contribution in [2.24, 2.45) is 0 Å². The van der Waals surface area contributed by atoms with Crippen LogP contribution in [-0.4, -0.2) is 14.6 Å². The molecule has 2 aromatic rings. The van der Waals surface area contributed by atoms with Crippen LogP contribution < -0.4 is 0 Å². The van der Waals surface area contributed by atoms with Crippen molar-refractivity contribution in [2.75, 3.05) is 0 Å². The van der Waals surface area contributed by atoms with Crippen LogP contribution in [0.3, 0.4) is 0 Å². The van der Waals surface area contributed by atoms with Gasteiger partial charge in [-0.05, 0) is 18.9 Å². The average Bonchev–Trinajstić information content (AvgIpc) is 2.90. The second-order valence-electron chi connectivity index (χ2n) is 5.68. The second-order valence-corrected chi connectivity index (χ2v) is 5.68. The lowest BCUT2D eigenvalue weighted by atomic mass is 9.92. The van der Waals surface area contributed by atoms with Gasteiger partial charge < -0.3 is 0 Å². The molecule has 2 rings (SSSR count). The van der Waals surface area contributed by atoms with Gasteiger partial charge in [0.25, 0.3) is 0 Å². The first kappa shape index (κ1) is 15.0. The van der Waals surface area contributed by atoms with Gasteiger partial charge in [0, 0.05) is 24.4 Å². The minimum Gasteiger partial charge on any atom is -0.237 e. The molecule has 0 aliphatic heterocycles. The standard InChI is InChI=1S/C17H27N3/c1-3-5-7-8-11-15(10-6-4-2)16-14-17-18-12-9-13-20(17)19-16/h9,12-15H,3-8,10-11H2,1-2H3. The smallest absolute Gasteiger partial charge is 0.155 e. The van der Waals surface area contributed by atoms with E-state index in [2.05, 4.69) is 24.9 Å². The lowest BCUT2D eigenvalue weighted by molar-refractivity contribution is 0.498. The van der Waals surface area contributed by atoms with Crippen LogP contribution in [0.25, 0.3) is 5.65 Å². The summed E-state index contributed by atoms with van der Waals surface area (Å²) in [5.74, 6) is 0.605. The van der Waals surface area contributed by atoms with E-state index in [0.717, 1.165) is 5.65 Å². The van der Waals surface area contributed by atoms with E-state index in [-0.39, 0.29) is 0 Å². The Morgan fingerprint density at radius 3 is 2.60 bits per heavy atom. The number of rotatable bonds is 9. The minimum absolute atomic E-state index is 0.605. The molecule has 2 aromatic heterocycles. The van der Waals surface area contributed by atoms with Gasteiger partial charge in [0.05, 0.1) is 5.69 Å². The molecule has 0 fully saturated rings. The summed E-state index contributed by atoms with van der Waals surface area (Å²) in [5.41, 5.74) is 2.20. The highest BCUT2D eigenvalue weighted by atomic mass is 15.2. The molecule has 0 aromatic carbocycles. The first-order valence-electron chi connectivity index (χ1n) is 8.15. The van der Waals surface area contributed by atoms with Crippen molar-refractivity contribution in [3.8, 4) is 0 Å². The molecule has 0 aliphatic rings. The summed E-state index contributed by atoms with van der Waals surface area (Å²) in [6.07, 6.45) is 14.2. The predicted molar refractivity (Wildman–Crippen MR) is 84.0 cm³/mol. The molecule has 1 atom stereocenters. The van der Waals surface area contributed by atoms with Gasteiger partial charge >= 0.3 is 0 Å². The number of nitrogens with zero attached hydrogens (tertiary/aromatic N) is 3. The molecule has 0 saturated carbocycles. The van der Waals surface area contributed by atoms with Gasteiger partial charge in [-0.3, -0.25) is 0 Å². The largest absolute Gasteiger partial charge is 0.237 e. The molecule has 3 heteroatoms. The lowest BCUT2D eigenvalue weighted by Gasteiger charge is -2.13. The highest BCUT2D eigenvalue weighted by molar-refractivity contribution is 5.39. The van der Waals surface area contributed by atoms with Crippen molar-refractivity contribution in [3.63, 3.8) is 0 Å². The molecule has 0 radical (unpaired) electrons. The van der Waals surface area contributed by atoms with E-state index in [4.69, 9.17) is 5.10 Å². The number of hydrogen-bond acceptors (Lipinski definition) is 2. The summed E-state index contributed by atoms with van der Waals surface area (Å²) in [4.78, 5) is 4.37. The molecular formula is C17H27N3. The Bertz CT molecular complexity index is 471. The Morgan fingerprint density at radius 1 is 1.05 bits per heavy atom. The maximum absolute atomic E-state index is 4.72. The summed E-state index contributed by atoms with van der Waals surface area (Å²) in [6.45, 7) is 4.53. The number of aromatic nitrogens is 3. The van der Waals surface area contributed by atoms with Gasteiger partial charge in [0.2, 0.25) is 0 Å². The predicted octanol–water partition coefficient (Wildman–Crippen LogP) is 4.97. The van der Waals surface area contributed by atoms with Crippen LogP contribution in [0.5, 0.6) is 0 Å². The van der Waals surface area contributed by atoms with E-state index in [1.54, 1.807) is 0 Å². The van der Waals surface area contributed by atoms with E-state index in [9.17, 15) is 0 Å². The highest BCUT2D eigenvalue weighted by Crippen LogP contribution is 2.27. The highest BCUT2D eigenvalue weighted by Gasteiger charge is 2.15. The van der Waals surface area contributed by atoms with E-state index < -0.39 is 0 Å². The van der Waals surface area contributed by atoms with Gasteiger partial charge in [0.1, 0.15) is 0 Å². The van der Waals surface area contributed by atoms with Crippen molar-refractivity contribution in [2.45, 2.75) is 71.1 Å². The first-order chi connectivity index (χ1) is 9.85. The third-order valence-corrected chi connectivity index (χ3v) is 3.99. The van der Waals surface area contributed by atoms with Crippen LogP contribution in [0.1, 0.15) is 76.8 Å². The normalized spacial score (nSPS) is 12.9. The summed E-state index contributed by atoms with van der Waals surface area (Å²) in [7, 11) is 0. The summed E-state index contributed by atoms with van der Waals surface area (Å²) < 4.78 is 1.90. The van der Waals surface area contributed by atoms with E-state index in [0.29, 0.717) is 5.92 Å². The zero-order valence-electron chi connectivity index (χ0n) is 12.9. The molecule has 0 saturated heterocycles. The van der Waals surface area contributed by atoms with Crippen LogP contribution in [-0.2, 0) is 0 Å². The van der Waals surface area contributed by atoms with Crippen molar-refractivity contribution in [1.82, 2.24) is 14.6 Å². The van der Waals surface area contributed by atoms with Gasteiger partial charge in [-0.25, -0.2) is 9.50 Å². The molecule has 0 aliphatic carbocycles. The van der Waals surface area contributed by atoms with Crippen LogP contribution >= 0.6 is 0 Å². The molecule has 2 heterocycles. The Labute approximate surface area is 122 Å². The third kappa shape index (κ3) is 4.06. The Hall–Kier alpha value is -1.38. The Kier molecular flexibility index (Phi) is 6.03. The quantitative estimate of drug-likeness (QED) is 0.603. The third-order valence-electron chi connectivity index (χ3n) is 3.99. The molecule has 1 unspecified atom stereocenters. The van der Waals surface area contributed by atoms with Gasteiger partial charge in [-0.1, -0.05) is 52.4 Å². The average molecular weight is 273 g/mol. The van der Waals surface area contributed by atoms with Gasteiger partial charge in [0.15, 0.2) is 5.65 Å². The van der Waals surface area contributed by atoms with Gasteiger partial charge in [-0.15, -0.1) is 0 Å². The number of hydrogen-bond donors (Lipinski definition) is 0. The SMILES string of the molecule is CCCCCCC(CCCC)c1cc2ncccn2n1. The van der Waals surface area contributed by atoms with E-state index in [1.165, 1.54) is 57.1 Å². The fourth-order valence-corrected chi connectivity index (χ4v) is 2.76. The maximum Gasteiger partial charge on any atom is 0.155 e. The van der Waals surface area contributed by atoms with Crippen molar-refractivity contribution in [1.29, 1.82) is 0 Å². The lowest BCUT2D eigenvalue weighted by Crippen LogP contribution is -2.01. The molecule has 0 N–H and O–H groups in total.